The minimum Gasteiger partial charge on any atom is -0.310 e. The zero-order chi connectivity index (χ0) is 13.8. The summed E-state index contributed by atoms with van der Waals surface area (Å²) in [5.74, 6) is 1.83. The minimum absolute atomic E-state index is 0.152. The highest BCUT2D eigenvalue weighted by Crippen LogP contribution is 2.17. The van der Waals surface area contributed by atoms with Gasteiger partial charge in [-0.1, -0.05) is 13.0 Å². The molecule has 0 aliphatic heterocycles. The molecule has 0 spiro atoms. The van der Waals surface area contributed by atoms with Gasteiger partial charge in [-0.05, 0) is 49.1 Å². The molecule has 2 aromatic rings. The number of aromatic amines is 2. The number of nitrogens with one attached hydrogen (secondary N) is 3. The molecule has 0 aliphatic carbocycles. The van der Waals surface area contributed by atoms with Crippen LogP contribution in [0.15, 0.2) is 23.0 Å². The van der Waals surface area contributed by atoms with Gasteiger partial charge in [-0.2, -0.15) is 11.8 Å². The van der Waals surface area contributed by atoms with Crippen LogP contribution in [0, 0.1) is 5.92 Å². The van der Waals surface area contributed by atoms with E-state index in [4.69, 9.17) is 0 Å². The molecule has 0 aliphatic rings. The molecule has 5 heteroatoms. The molecular formula is C14H21N3OS. The van der Waals surface area contributed by atoms with Crippen LogP contribution in [0.4, 0.5) is 0 Å². The first kappa shape index (κ1) is 14.2. The number of imidazole rings is 1. The van der Waals surface area contributed by atoms with E-state index in [2.05, 4.69) is 41.5 Å². The molecule has 1 aromatic carbocycles. The van der Waals surface area contributed by atoms with Crippen LogP contribution in [-0.2, 0) is 0 Å². The van der Waals surface area contributed by atoms with Crippen LogP contribution in [0.5, 0.6) is 0 Å². The van der Waals surface area contributed by atoms with Crippen molar-refractivity contribution >= 4 is 22.8 Å². The van der Waals surface area contributed by atoms with Gasteiger partial charge >= 0.3 is 5.69 Å². The molecule has 104 valence electrons. The van der Waals surface area contributed by atoms with Crippen LogP contribution >= 0.6 is 11.8 Å². The Morgan fingerprint density at radius 2 is 2.00 bits per heavy atom. The van der Waals surface area contributed by atoms with Crippen LogP contribution in [0.2, 0.25) is 0 Å². The Balaban J connectivity index is 2.04. The maximum Gasteiger partial charge on any atom is 0.323 e. The lowest BCUT2D eigenvalue weighted by Crippen LogP contribution is -2.25. The molecule has 1 aromatic heterocycles. The SMILES string of the molecule is CSCC(C)CNC(C)c1ccc2[nH]c(=O)[nH]c2c1. The van der Waals surface area contributed by atoms with Gasteiger partial charge in [0, 0.05) is 6.04 Å². The average Bonchev–Trinajstić information content (AvgIpc) is 2.75. The second-order valence-electron chi connectivity index (χ2n) is 5.07. The molecule has 0 amide bonds. The number of benzene rings is 1. The molecule has 0 saturated carbocycles. The van der Waals surface area contributed by atoms with E-state index in [1.807, 2.05) is 23.9 Å². The van der Waals surface area contributed by atoms with E-state index in [-0.39, 0.29) is 11.7 Å². The maximum absolute atomic E-state index is 11.2. The van der Waals surface area contributed by atoms with Crippen LogP contribution in [0.1, 0.15) is 25.5 Å². The normalized spacial score (nSPS) is 14.7. The fraction of sp³-hybridized carbons (Fsp3) is 0.500. The van der Waals surface area contributed by atoms with Crippen molar-refractivity contribution in [2.75, 3.05) is 18.6 Å². The fourth-order valence-corrected chi connectivity index (χ4v) is 2.85. The highest BCUT2D eigenvalue weighted by Gasteiger charge is 2.09. The monoisotopic (exact) mass is 279 g/mol. The highest BCUT2D eigenvalue weighted by atomic mass is 32.2. The quantitative estimate of drug-likeness (QED) is 0.761. The fourth-order valence-electron chi connectivity index (χ4n) is 2.16. The van der Waals surface area contributed by atoms with E-state index in [1.165, 1.54) is 11.3 Å². The van der Waals surface area contributed by atoms with Gasteiger partial charge in [0.25, 0.3) is 0 Å². The van der Waals surface area contributed by atoms with Crippen molar-refractivity contribution in [2.45, 2.75) is 19.9 Å². The summed E-state index contributed by atoms with van der Waals surface area (Å²) in [7, 11) is 0. The van der Waals surface area contributed by atoms with Crippen LogP contribution in [0.25, 0.3) is 11.0 Å². The number of aromatic nitrogens is 2. The molecule has 0 radical (unpaired) electrons. The second kappa shape index (κ2) is 6.30. The van der Waals surface area contributed by atoms with Gasteiger partial charge in [0.05, 0.1) is 11.0 Å². The van der Waals surface area contributed by atoms with Crippen molar-refractivity contribution < 1.29 is 0 Å². The molecule has 2 atom stereocenters. The van der Waals surface area contributed by atoms with E-state index in [1.54, 1.807) is 0 Å². The molecule has 0 fully saturated rings. The molecule has 4 nitrogen and oxygen atoms in total. The first-order valence-corrected chi connectivity index (χ1v) is 7.94. The third kappa shape index (κ3) is 3.64. The van der Waals surface area contributed by atoms with Gasteiger partial charge in [0.2, 0.25) is 0 Å². The molecule has 3 N–H and O–H groups in total. The molecule has 2 unspecified atom stereocenters. The van der Waals surface area contributed by atoms with Gasteiger partial charge in [-0.3, -0.25) is 0 Å². The summed E-state index contributed by atoms with van der Waals surface area (Å²) in [6, 6.07) is 6.33. The van der Waals surface area contributed by atoms with E-state index >= 15 is 0 Å². The molecular weight excluding hydrogens is 258 g/mol. The van der Waals surface area contributed by atoms with Crippen molar-refractivity contribution in [2.24, 2.45) is 5.92 Å². The number of H-pyrrole nitrogens is 2. The summed E-state index contributed by atoms with van der Waals surface area (Å²) in [6.07, 6.45) is 2.14. The predicted octanol–water partition coefficient (Wildman–Crippen LogP) is 2.51. The lowest BCUT2D eigenvalue weighted by molar-refractivity contribution is 0.501. The Hall–Kier alpha value is -1.20. The minimum atomic E-state index is -0.152. The highest BCUT2D eigenvalue weighted by molar-refractivity contribution is 7.98. The number of fused-ring (bicyclic) bond motifs is 1. The summed E-state index contributed by atoms with van der Waals surface area (Å²) in [5, 5.41) is 3.54. The topological polar surface area (TPSA) is 60.7 Å². The van der Waals surface area contributed by atoms with Crippen molar-refractivity contribution in [1.29, 1.82) is 0 Å². The van der Waals surface area contributed by atoms with Crippen molar-refractivity contribution in [3.63, 3.8) is 0 Å². The van der Waals surface area contributed by atoms with E-state index in [0.29, 0.717) is 5.92 Å². The Morgan fingerprint density at radius 1 is 1.26 bits per heavy atom. The number of rotatable bonds is 6. The Bertz CT molecular complexity index is 590. The second-order valence-corrected chi connectivity index (χ2v) is 5.99. The lowest BCUT2D eigenvalue weighted by Gasteiger charge is -2.17. The summed E-state index contributed by atoms with van der Waals surface area (Å²) in [5.41, 5.74) is 2.77. The summed E-state index contributed by atoms with van der Waals surface area (Å²) in [4.78, 5) is 16.8. The van der Waals surface area contributed by atoms with Crippen molar-refractivity contribution in [3.8, 4) is 0 Å². The lowest BCUT2D eigenvalue weighted by atomic mass is 10.1. The van der Waals surface area contributed by atoms with Gasteiger partial charge in [-0.15, -0.1) is 0 Å². The Kier molecular flexibility index (Phi) is 4.71. The molecule has 19 heavy (non-hydrogen) atoms. The van der Waals surface area contributed by atoms with Gasteiger partial charge in [-0.25, -0.2) is 4.79 Å². The Morgan fingerprint density at radius 3 is 2.74 bits per heavy atom. The van der Waals surface area contributed by atoms with Crippen LogP contribution in [-0.4, -0.2) is 28.5 Å². The van der Waals surface area contributed by atoms with E-state index in [0.717, 1.165) is 17.6 Å². The molecule has 2 rings (SSSR count). The first-order chi connectivity index (χ1) is 9.10. The van der Waals surface area contributed by atoms with Crippen LogP contribution in [0.3, 0.4) is 0 Å². The largest absolute Gasteiger partial charge is 0.323 e. The summed E-state index contributed by atoms with van der Waals surface area (Å²) < 4.78 is 0. The number of hydrogen-bond donors (Lipinski definition) is 3. The molecule has 0 bridgehead atoms. The molecule has 0 saturated heterocycles. The average molecular weight is 279 g/mol. The van der Waals surface area contributed by atoms with E-state index < -0.39 is 0 Å². The zero-order valence-corrected chi connectivity index (χ0v) is 12.4. The maximum atomic E-state index is 11.2. The molecule has 1 heterocycles. The zero-order valence-electron chi connectivity index (χ0n) is 11.6. The number of thioether (sulfide) groups is 1. The standard InChI is InChI=1S/C14H21N3OS/c1-9(8-19-3)7-15-10(2)11-4-5-12-13(6-11)17-14(18)16-12/h4-6,9-10,15H,7-8H2,1-3H3,(H2,16,17,18). The van der Waals surface area contributed by atoms with Gasteiger partial charge in [0.1, 0.15) is 0 Å². The predicted molar refractivity (Wildman–Crippen MR) is 82.9 cm³/mol. The smallest absolute Gasteiger partial charge is 0.310 e. The third-order valence-electron chi connectivity index (χ3n) is 3.26. The summed E-state index contributed by atoms with van der Waals surface area (Å²) in [6.45, 7) is 5.41. The third-order valence-corrected chi connectivity index (χ3v) is 4.17. The summed E-state index contributed by atoms with van der Waals surface area (Å²) >= 11 is 1.88. The number of hydrogen-bond acceptors (Lipinski definition) is 3. The van der Waals surface area contributed by atoms with Gasteiger partial charge < -0.3 is 15.3 Å². The van der Waals surface area contributed by atoms with Crippen molar-refractivity contribution in [1.82, 2.24) is 15.3 Å². The first-order valence-electron chi connectivity index (χ1n) is 6.54. The van der Waals surface area contributed by atoms with E-state index in [9.17, 15) is 4.79 Å². The Labute approximate surface area is 117 Å². The van der Waals surface area contributed by atoms with Gasteiger partial charge in [0.15, 0.2) is 0 Å². The van der Waals surface area contributed by atoms with Crippen molar-refractivity contribution in [3.05, 3.63) is 34.2 Å². The van der Waals surface area contributed by atoms with Crippen LogP contribution < -0.4 is 11.0 Å².